The van der Waals surface area contributed by atoms with E-state index in [9.17, 15) is 0 Å². The lowest BCUT2D eigenvalue weighted by Crippen LogP contribution is -2.36. The molecule has 0 aliphatic carbocycles. The number of aliphatic hydroxyl groups excluding tert-OH is 1. The molecule has 1 heterocycles. The van der Waals surface area contributed by atoms with Crippen LogP contribution >= 0.6 is 0 Å². The SMILES string of the molecule is OCC#Cc1ccc(N2CCOCC2)cc1. The molecule has 3 nitrogen and oxygen atoms in total. The van der Waals surface area contributed by atoms with E-state index in [1.54, 1.807) is 0 Å². The molecule has 0 spiro atoms. The van der Waals surface area contributed by atoms with Crippen LogP contribution in [0.4, 0.5) is 5.69 Å². The number of benzene rings is 1. The summed E-state index contributed by atoms with van der Waals surface area (Å²) < 4.78 is 5.31. The third kappa shape index (κ3) is 2.75. The Morgan fingerprint density at radius 3 is 2.50 bits per heavy atom. The number of aliphatic hydroxyl groups is 1. The number of morpholine rings is 1. The molecule has 1 fully saturated rings. The highest BCUT2D eigenvalue weighted by atomic mass is 16.5. The van der Waals surface area contributed by atoms with E-state index >= 15 is 0 Å². The monoisotopic (exact) mass is 217 g/mol. The maximum Gasteiger partial charge on any atom is 0.104 e. The molecule has 0 atom stereocenters. The first-order valence-corrected chi connectivity index (χ1v) is 5.42. The smallest absolute Gasteiger partial charge is 0.104 e. The molecule has 0 saturated carbocycles. The van der Waals surface area contributed by atoms with Crippen molar-refractivity contribution in [3.63, 3.8) is 0 Å². The maximum atomic E-state index is 8.59. The summed E-state index contributed by atoms with van der Waals surface area (Å²) in [6.07, 6.45) is 0. The molecular weight excluding hydrogens is 202 g/mol. The Morgan fingerprint density at radius 2 is 1.88 bits per heavy atom. The van der Waals surface area contributed by atoms with E-state index < -0.39 is 0 Å². The molecule has 2 rings (SSSR count). The molecule has 3 heteroatoms. The summed E-state index contributed by atoms with van der Waals surface area (Å²) in [5.41, 5.74) is 2.14. The van der Waals surface area contributed by atoms with Gasteiger partial charge in [-0.15, -0.1) is 0 Å². The highest BCUT2D eigenvalue weighted by molar-refractivity contribution is 5.50. The standard InChI is InChI=1S/C13H15NO2/c15-9-1-2-12-3-5-13(6-4-12)14-7-10-16-11-8-14/h3-6,15H,7-11H2. The molecule has 0 unspecified atom stereocenters. The first-order valence-electron chi connectivity index (χ1n) is 5.42. The summed E-state index contributed by atoms with van der Waals surface area (Å²) >= 11 is 0. The van der Waals surface area contributed by atoms with Gasteiger partial charge in [0.25, 0.3) is 0 Å². The van der Waals surface area contributed by atoms with E-state index in [-0.39, 0.29) is 6.61 Å². The molecule has 16 heavy (non-hydrogen) atoms. The molecule has 0 radical (unpaired) electrons. The van der Waals surface area contributed by atoms with Gasteiger partial charge in [-0.3, -0.25) is 0 Å². The molecule has 0 bridgehead atoms. The summed E-state index contributed by atoms with van der Waals surface area (Å²) in [6, 6.07) is 8.08. The second-order valence-corrected chi connectivity index (χ2v) is 3.61. The quantitative estimate of drug-likeness (QED) is 0.708. The fourth-order valence-corrected chi connectivity index (χ4v) is 1.72. The van der Waals surface area contributed by atoms with Crippen LogP contribution in [-0.4, -0.2) is 38.0 Å². The molecule has 1 aliphatic rings. The summed E-state index contributed by atoms with van der Waals surface area (Å²) in [6.45, 7) is 3.40. The van der Waals surface area contributed by atoms with Crippen LogP contribution in [-0.2, 0) is 4.74 Å². The lowest BCUT2D eigenvalue weighted by molar-refractivity contribution is 0.122. The predicted molar refractivity (Wildman–Crippen MR) is 63.4 cm³/mol. The highest BCUT2D eigenvalue weighted by Crippen LogP contribution is 2.16. The second-order valence-electron chi connectivity index (χ2n) is 3.61. The molecule has 1 aliphatic heterocycles. The molecule has 1 saturated heterocycles. The molecule has 0 amide bonds. The number of anilines is 1. The third-order valence-electron chi connectivity index (χ3n) is 2.56. The molecule has 1 N–H and O–H groups in total. The van der Waals surface area contributed by atoms with E-state index in [0.29, 0.717) is 0 Å². The van der Waals surface area contributed by atoms with E-state index in [1.165, 1.54) is 5.69 Å². The van der Waals surface area contributed by atoms with Gasteiger partial charge in [0.1, 0.15) is 6.61 Å². The number of ether oxygens (including phenoxy) is 1. The van der Waals surface area contributed by atoms with E-state index in [2.05, 4.69) is 28.9 Å². The van der Waals surface area contributed by atoms with Crippen molar-refractivity contribution in [2.45, 2.75) is 0 Å². The van der Waals surface area contributed by atoms with Crippen LogP contribution < -0.4 is 4.90 Å². The summed E-state index contributed by atoms with van der Waals surface area (Å²) in [4.78, 5) is 2.30. The van der Waals surface area contributed by atoms with Crippen LogP contribution in [0.15, 0.2) is 24.3 Å². The lowest BCUT2D eigenvalue weighted by Gasteiger charge is -2.28. The van der Waals surface area contributed by atoms with Gasteiger partial charge in [0.15, 0.2) is 0 Å². The minimum Gasteiger partial charge on any atom is -0.384 e. The largest absolute Gasteiger partial charge is 0.384 e. The van der Waals surface area contributed by atoms with E-state index in [1.807, 2.05) is 12.1 Å². The van der Waals surface area contributed by atoms with Crippen molar-refractivity contribution in [2.24, 2.45) is 0 Å². The Kier molecular flexibility index (Phi) is 3.81. The lowest BCUT2D eigenvalue weighted by atomic mass is 10.2. The number of hydrogen-bond acceptors (Lipinski definition) is 3. The van der Waals surface area contributed by atoms with Gasteiger partial charge in [-0.25, -0.2) is 0 Å². The van der Waals surface area contributed by atoms with Crippen molar-refractivity contribution >= 4 is 5.69 Å². The number of hydrogen-bond donors (Lipinski definition) is 1. The normalized spacial score (nSPS) is 15.4. The maximum absolute atomic E-state index is 8.59. The average molecular weight is 217 g/mol. The molecule has 84 valence electrons. The van der Waals surface area contributed by atoms with Gasteiger partial charge in [-0.2, -0.15) is 0 Å². The Hall–Kier alpha value is -1.50. The fraction of sp³-hybridized carbons (Fsp3) is 0.385. The summed E-state index contributed by atoms with van der Waals surface area (Å²) in [7, 11) is 0. The van der Waals surface area contributed by atoms with Gasteiger partial charge in [0.05, 0.1) is 13.2 Å². The van der Waals surface area contributed by atoms with Crippen molar-refractivity contribution in [2.75, 3.05) is 37.8 Å². The Bertz CT molecular complexity index is 383. The Labute approximate surface area is 95.6 Å². The van der Waals surface area contributed by atoms with Gasteiger partial charge >= 0.3 is 0 Å². The molecule has 0 aromatic heterocycles. The van der Waals surface area contributed by atoms with E-state index in [0.717, 1.165) is 31.9 Å². The van der Waals surface area contributed by atoms with Gasteiger partial charge in [0, 0.05) is 24.3 Å². The minimum atomic E-state index is -0.0920. The Morgan fingerprint density at radius 1 is 1.19 bits per heavy atom. The average Bonchev–Trinajstić information content (AvgIpc) is 2.38. The fourth-order valence-electron chi connectivity index (χ4n) is 1.72. The van der Waals surface area contributed by atoms with Crippen molar-refractivity contribution in [1.82, 2.24) is 0 Å². The molecule has 1 aromatic carbocycles. The van der Waals surface area contributed by atoms with Crippen molar-refractivity contribution in [3.05, 3.63) is 29.8 Å². The van der Waals surface area contributed by atoms with Crippen LogP contribution in [0.5, 0.6) is 0 Å². The Balaban J connectivity index is 2.06. The number of rotatable bonds is 1. The molecular formula is C13H15NO2. The first kappa shape index (κ1) is 11.0. The second kappa shape index (κ2) is 5.55. The van der Waals surface area contributed by atoms with Gasteiger partial charge < -0.3 is 14.7 Å². The number of nitrogens with zero attached hydrogens (tertiary/aromatic N) is 1. The van der Waals surface area contributed by atoms with E-state index in [4.69, 9.17) is 9.84 Å². The van der Waals surface area contributed by atoms with Crippen LogP contribution in [0, 0.1) is 11.8 Å². The predicted octanol–water partition coefficient (Wildman–Crippen LogP) is 0.867. The van der Waals surface area contributed by atoms with Crippen LogP contribution in [0.25, 0.3) is 0 Å². The zero-order valence-electron chi connectivity index (χ0n) is 9.15. The van der Waals surface area contributed by atoms with Crippen molar-refractivity contribution < 1.29 is 9.84 Å². The summed E-state index contributed by atoms with van der Waals surface area (Å²) in [5, 5.41) is 8.59. The third-order valence-corrected chi connectivity index (χ3v) is 2.56. The van der Waals surface area contributed by atoms with Crippen LogP contribution in [0.2, 0.25) is 0 Å². The zero-order chi connectivity index (χ0) is 11.2. The highest BCUT2D eigenvalue weighted by Gasteiger charge is 2.10. The minimum absolute atomic E-state index is 0.0920. The van der Waals surface area contributed by atoms with Crippen molar-refractivity contribution in [1.29, 1.82) is 0 Å². The van der Waals surface area contributed by atoms with Gasteiger partial charge in [-0.05, 0) is 24.3 Å². The summed E-state index contributed by atoms with van der Waals surface area (Å²) in [5.74, 6) is 5.52. The molecule has 1 aromatic rings. The van der Waals surface area contributed by atoms with Gasteiger partial charge in [-0.1, -0.05) is 11.8 Å². The first-order chi connectivity index (χ1) is 7.90. The van der Waals surface area contributed by atoms with Crippen molar-refractivity contribution in [3.8, 4) is 11.8 Å². The topological polar surface area (TPSA) is 32.7 Å². The van der Waals surface area contributed by atoms with Gasteiger partial charge in [0.2, 0.25) is 0 Å². The zero-order valence-corrected chi connectivity index (χ0v) is 9.15. The van der Waals surface area contributed by atoms with Crippen LogP contribution in [0.3, 0.4) is 0 Å². The van der Waals surface area contributed by atoms with Crippen LogP contribution in [0.1, 0.15) is 5.56 Å².